The number of ether oxygens (including phenoxy) is 1. The van der Waals surface area contributed by atoms with Crippen molar-refractivity contribution in [2.24, 2.45) is 0 Å². The number of hydrogen-bond donors (Lipinski definition) is 1. The highest BCUT2D eigenvalue weighted by Crippen LogP contribution is 2.33. The number of aromatic nitrogens is 2. The molecule has 0 aliphatic carbocycles. The summed E-state index contributed by atoms with van der Waals surface area (Å²) in [4.78, 5) is 23.6. The number of nitrogens with one attached hydrogen (secondary N) is 1. The minimum Gasteiger partial charge on any atom is -0.444 e. The van der Waals surface area contributed by atoms with Gasteiger partial charge in [0.1, 0.15) is 17.2 Å². The fourth-order valence-electron chi connectivity index (χ4n) is 3.72. The molecule has 2 aromatic heterocycles. The Morgan fingerprint density at radius 3 is 2.66 bits per heavy atom. The van der Waals surface area contributed by atoms with Gasteiger partial charge in [0.05, 0.1) is 4.88 Å². The van der Waals surface area contributed by atoms with E-state index in [0.29, 0.717) is 35.5 Å². The van der Waals surface area contributed by atoms with Gasteiger partial charge in [0.2, 0.25) is 0 Å². The summed E-state index contributed by atoms with van der Waals surface area (Å²) in [7, 11) is 0. The van der Waals surface area contributed by atoms with Gasteiger partial charge >= 0.3 is 6.09 Å². The molecule has 0 atom stereocenters. The Balaban J connectivity index is 1.39. The molecular formula is C24H27FN4O2S. The maximum absolute atomic E-state index is 14.0. The van der Waals surface area contributed by atoms with Crippen molar-refractivity contribution in [2.75, 3.05) is 18.4 Å². The summed E-state index contributed by atoms with van der Waals surface area (Å²) < 4.78 is 19.5. The van der Waals surface area contributed by atoms with Crippen molar-refractivity contribution in [2.45, 2.75) is 45.1 Å². The first-order valence-electron chi connectivity index (χ1n) is 10.7. The average Bonchev–Trinajstić information content (AvgIpc) is 3.21. The molecule has 8 heteroatoms. The zero-order valence-corrected chi connectivity index (χ0v) is 19.3. The van der Waals surface area contributed by atoms with Crippen LogP contribution in [0.4, 0.5) is 20.1 Å². The van der Waals surface area contributed by atoms with Crippen LogP contribution in [0.5, 0.6) is 0 Å². The number of anilines is 2. The molecule has 1 amide bonds. The second-order valence-electron chi connectivity index (χ2n) is 8.85. The number of nitrogens with zero attached hydrogens (tertiary/aromatic N) is 3. The van der Waals surface area contributed by atoms with Gasteiger partial charge in [-0.25, -0.2) is 19.2 Å². The monoisotopic (exact) mass is 454 g/mol. The number of thiazole rings is 1. The summed E-state index contributed by atoms with van der Waals surface area (Å²) in [5, 5.41) is 3.89. The van der Waals surface area contributed by atoms with Crippen LogP contribution in [0.15, 0.2) is 48.8 Å². The molecule has 1 N–H and O–H groups in total. The number of hydrogen-bond acceptors (Lipinski definition) is 6. The van der Waals surface area contributed by atoms with E-state index in [2.05, 4.69) is 15.3 Å². The van der Waals surface area contributed by atoms with Gasteiger partial charge in [-0.2, -0.15) is 0 Å². The highest BCUT2D eigenvalue weighted by atomic mass is 32.1. The minimum absolute atomic E-state index is 0.248. The second kappa shape index (κ2) is 9.24. The van der Waals surface area contributed by atoms with Crippen molar-refractivity contribution in [1.82, 2.24) is 14.9 Å². The van der Waals surface area contributed by atoms with Crippen LogP contribution in [0.2, 0.25) is 0 Å². The predicted molar refractivity (Wildman–Crippen MR) is 125 cm³/mol. The van der Waals surface area contributed by atoms with E-state index in [9.17, 15) is 9.18 Å². The summed E-state index contributed by atoms with van der Waals surface area (Å²) in [6, 6.07) is 10.7. The number of piperidine rings is 1. The Morgan fingerprint density at radius 1 is 1.19 bits per heavy atom. The molecule has 4 rings (SSSR count). The van der Waals surface area contributed by atoms with Gasteiger partial charge in [0, 0.05) is 31.0 Å². The zero-order valence-electron chi connectivity index (χ0n) is 18.5. The Bertz CT molecular complexity index is 1090. The first-order valence-corrected chi connectivity index (χ1v) is 11.5. The Labute approximate surface area is 191 Å². The molecule has 168 valence electrons. The largest absolute Gasteiger partial charge is 0.444 e. The molecule has 0 spiro atoms. The number of carbonyl (C=O) groups excluding carboxylic acids is 1. The van der Waals surface area contributed by atoms with E-state index in [1.807, 2.05) is 39.0 Å². The topological polar surface area (TPSA) is 67.3 Å². The summed E-state index contributed by atoms with van der Waals surface area (Å²) in [5.41, 5.74) is 1.23. The van der Waals surface area contributed by atoms with Crippen LogP contribution in [0.25, 0.3) is 10.4 Å². The fraction of sp³-hybridized carbons (Fsp3) is 0.375. The molecule has 32 heavy (non-hydrogen) atoms. The molecule has 6 nitrogen and oxygen atoms in total. The first kappa shape index (κ1) is 22.2. The molecule has 1 aromatic carbocycles. The number of halogens is 1. The van der Waals surface area contributed by atoms with E-state index in [0.717, 1.165) is 17.7 Å². The molecule has 0 saturated carbocycles. The molecule has 1 aliphatic heterocycles. The Morgan fingerprint density at radius 2 is 1.94 bits per heavy atom. The van der Waals surface area contributed by atoms with Crippen LogP contribution in [-0.2, 0) is 4.74 Å². The molecule has 0 radical (unpaired) electrons. The van der Waals surface area contributed by atoms with Crippen LogP contribution in [0.3, 0.4) is 0 Å². The number of likely N-dealkylation sites (tertiary alicyclic amines) is 1. The number of amides is 1. The van der Waals surface area contributed by atoms with Crippen molar-refractivity contribution in [3.63, 3.8) is 0 Å². The van der Waals surface area contributed by atoms with Gasteiger partial charge in [0.15, 0.2) is 5.13 Å². The van der Waals surface area contributed by atoms with Crippen LogP contribution >= 0.6 is 11.3 Å². The van der Waals surface area contributed by atoms with Crippen molar-refractivity contribution < 1.29 is 13.9 Å². The van der Waals surface area contributed by atoms with Gasteiger partial charge in [-0.05, 0) is 63.3 Å². The van der Waals surface area contributed by atoms with E-state index in [1.165, 1.54) is 23.0 Å². The van der Waals surface area contributed by atoms with Gasteiger partial charge in [-0.1, -0.05) is 29.5 Å². The predicted octanol–water partition coefficient (Wildman–Crippen LogP) is 6.20. The molecular weight excluding hydrogens is 427 g/mol. The quantitative estimate of drug-likeness (QED) is 0.508. The number of rotatable bonds is 4. The molecule has 0 unspecified atom stereocenters. The summed E-state index contributed by atoms with van der Waals surface area (Å²) >= 11 is 1.38. The molecule has 1 fully saturated rings. The maximum atomic E-state index is 14.0. The average molecular weight is 455 g/mol. The zero-order chi connectivity index (χ0) is 22.7. The fourth-order valence-corrected chi connectivity index (χ4v) is 4.57. The van der Waals surface area contributed by atoms with Gasteiger partial charge in [-0.3, -0.25) is 0 Å². The molecule has 3 heterocycles. The third-order valence-corrected chi connectivity index (χ3v) is 6.23. The number of pyridine rings is 1. The van der Waals surface area contributed by atoms with Crippen molar-refractivity contribution >= 4 is 28.4 Å². The lowest BCUT2D eigenvalue weighted by Crippen LogP contribution is -2.41. The van der Waals surface area contributed by atoms with Crippen LogP contribution < -0.4 is 5.32 Å². The molecule has 3 aromatic rings. The van der Waals surface area contributed by atoms with Crippen molar-refractivity contribution in [1.29, 1.82) is 0 Å². The van der Waals surface area contributed by atoms with Gasteiger partial charge in [-0.15, -0.1) is 0 Å². The molecule has 0 bridgehead atoms. The lowest BCUT2D eigenvalue weighted by molar-refractivity contribution is 0.0205. The summed E-state index contributed by atoms with van der Waals surface area (Å²) in [5.74, 6) is 0.787. The van der Waals surface area contributed by atoms with Crippen LogP contribution in [0.1, 0.15) is 45.1 Å². The Kier molecular flexibility index (Phi) is 6.41. The van der Waals surface area contributed by atoms with Gasteiger partial charge in [0.25, 0.3) is 0 Å². The summed E-state index contributed by atoms with van der Waals surface area (Å²) in [6.45, 7) is 6.98. The Hall–Kier alpha value is -3.00. The van der Waals surface area contributed by atoms with Gasteiger partial charge < -0.3 is 15.0 Å². The lowest BCUT2D eigenvalue weighted by Gasteiger charge is -2.33. The minimum atomic E-state index is -0.485. The van der Waals surface area contributed by atoms with E-state index < -0.39 is 5.60 Å². The second-order valence-corrected chi connectivity index (χ2v) is 9.88. The first-order chi connectivity index (χ1) is 15.3. The molecule has 1 aliphatic rings. The van der Waals surface area contributed by atoms with E-state index in [4.69, 9.17) is 4.74 Å². The smallest absolute Gasteiger partial charge is 0.410 e. The normalized spacial score (nSPS) is 14.9. The van der Waals surface area contributed by atoms with E-state index in [1.54, 1.807) is 29.4 Å². The third kappa shape index (κ3) is 5.43. The highest BCUT2D eigenvalue weighted by molar-refractivity contribution is 7.18. The standard InChI is InChI=1S/C24H27FN4O2S/c1-24(2,3)31-23(30)29-12-9-16(10-13-29)17-8-11-26-21(14-17)28-22-27-15-20(32-22)18-6-4-5-7-19(18)25/h4-8,11,14-16H,9-10,12-13H2,1-3H3,(H,26,27,28). The number of benzene rings is 1. The third-order valence-electron chi connectivity index (χ3n) is 5.28. The highest BCUT2D eigenvalue weighted by Gasteiger charge is 2.27. The summed E-state index contributed by atoms with van der Waals surface area (Å²) in [6.07, 6.45) is 4.95. The maximum Gasteiger partial charge on any atom is 0.410 e. The van der Waals surface area contributed by atoms with Crippen LogP contribution in [0, 0.1) is 5.82 Å². The van der Waals surface area contributed by atoms with Crippen molar-refractivity contribution in [3.05, 3.63) is 60.2 Å². The number of carbonyl (C=O) groups is 1. The molecule has 1 saturated heterocycles. The SMILES string of the molecule is CC(C)(C)OC(=O)N1CCC(c2ccnc(Nc3ncc(-c4ccccc4F)s3)c2)CC1. The lowest BCUT2D eigenvalue weighted by atomic mass is 9.90. The van der Waals surface area contributed by atoms with E-state index in [-0.39, 0.29) is 11.9 Å². The van der Waals surface area contributed by atoms with E-state index >= 15 is 0 Å². The van der Waals surface area contributed by atoms with Crippen LogP contribution in [-0.4, -0.2) is 39.7 Å². The van der Waals surface area contributed by atoms with Crippen molar-refractivity contribution in [3.8, 4) is 10.4 Å².